The second-order valence-corrected chi connectivity index (χ2v) is 12.7. The molecule has 2 aliphatic heterocycles. The van der Waals surface area contributed by atoms with Crippen LogP contribution in [-0.4, -0.2) is 103 Å². The number of ether oxygens (including phenoxy) is 1. The van der Waals surface area contributed by atoms with E-state index in [9.17, 15) is 18.0 Å². The van der Waals surface area contributed by atoms with Gasteiger partial charge in [-0.15, -0.1) is 0 Å². The highest BCUT2D eigenvalue weighted by Crippen LogP contribution is 2.35. The molecule has 3 rings (SSSR count). The lowest BCUT2D eigenvalue weighted by Crippen LogP contribution is -2.54. The highest BCUT2D eigenvalue weighted by atomic mass is 35.5. The predicted molar refractivity (Wildman–Crippen MR) is 137 cm³/mol. The molecule has 0 aliphatic carbocycles. The number of halogens is 2. The number of carbonyl (C=O) groups is 2. The average molecular weight is 550 g/mol. The van der Waals surface area contributed by atoms with Gasteiger partial charge in [0.2, 0.25) is 10.0 Å². The van der Waals surface area contributed by atoms with Gasteiger partial charge < -0.3 is 19.4 Å². The summed E-state index contributed by atoms with van der Waals surface area (Å²) in [7, 11) is -3.29. The molecule has 0 unspecified atom stereocenters. The van der Waals surface area contributed by atoms with Crippen molar-refractivity contribution in [3.63, 3.8) is 0 Å². The van der Waals surface area contributed by atoms with E-state index in [1.54, 1.807) is 26.8 Å². The third-order valence-electron chi connectivity index (χ3n) is 6.28. The molecule has 1 aromatic rings. The van der Waals surface area contributed by atoms with Gasteiger partial charge in [0.15, 0.2) is 0 Å². The van der Waals surface area contributed by atoms with E-state index in [-0.39, 0.29) is 31.1 Å². The van der Waals surface area contributed by atoms with E-state index >= 15 is 0 Å². The van der Waals surface area contributed by atoms with Gasteiger partial charge in [-0.25, -0.2) is 18.0 Å². The Morgan fingerprint density at radius 1 is 1.06 bits per heavy atom. The summed E-state index contributed by atoms with van der Waals surface area (Å²) < 4.78 is 30.7. The van der Waals surface area contributed by atoms with Crippen LogP contribution in [0.15, 0.2) is 18.2 Å². The highest BCUT2D eigenvalue weighted by molar-refractivity contribution is 7.88. The number of hydrogen-bond acceptors (Lipinski definition) is 5. The van der Waals surface area contributed by atoms with E-state index in [1.807, 2.05) is 33.8 Å². The molecule has 0 radical (unpaired) electrons. The molecule has 2 aliphatic rings. The number of rotatable bonds is 4. The number of likely N-dealkylation sites (N-methyl/N-ethyl adjacent to an activating group) is 1. The molecule has 2 atom stereocenters. The van der Waals surface area contributed by atoms with Crippen molar-refractivity contribution in [2.45, 2.75) is 45.3 Å². The molecule has 9 nitrogen and oxygen atoms in total. The summed E-state index contributed by atoms with van der Waals surface area (Å²) in [6.45, 7) is 9.59. The molecule has 0 saturated carbocycles. The molecule has 3 amide bonds. The Morgan fingerprint density at radius 3 is 2.20 bits per heavy atom. The summed E-state index contributed by atoms with van der Waals surface area (Å²) >= 11 is 12.4. The maximum absolute atomic E-state index is 13.4. The number of benzene rings is 1. The van der Waals surface area contributed by atoms with Crippen LogP contribution in [0.2, 0.25) is 10.0 Å². The maximum atomic E-state index is 13.4. The van der Waals surface area contributed by atoms with Gasteiger partial charge in [0, 0.05) is 51.7 Å². The molecule has 0 spiro atoms. The Bertz CT molecular complexity index is 1050. The minimum atomic E-state index is -3.29. The minimum Gasteiger partial charge on any atom is -0.444 e. The van der Waals surface area contributed by atoms with E-state index in [0.717, 1.165) is 5.56 Å². The van der Waals surface area contributed by atoms with Gasteiger partial charge in [0.1, 0.15) is 5.60 Å². The maximum Gasteiger partial charge on any atom is 0.410 e. The quantitative estimate of drug-likeness (QED) is 0.571. The minimum absolute atomic E-state index is 0.175. The largest absolute Gasteiger partial charge is 0.444 e. The smallest absolute Gasteiger partial charge is 0.410 e. The number of amides is 3. The Balaban J connectivity index is 1.84. The van der Waals surface area contributed by atoms with Crippen LogP contribution in [0.5, 0.6) is 0 Å². The van der Waals surface area contributed by atoms with Crippen LogP contribution >= 0.6 is 23.2 Å². The predicted octanol–water partition coefficient (Wildman–Crippen LogP) is 3.72. The van der Waals surface area contributed by atoms with Gasteiger partial charge in [-0.2, -0.15) is 4.31 Å². The van der Waals surface area contributed by atoms with Crippen LogP contribution in [0.25, 0.3) is 0 Å². The van der Waals surface area contributed by atoms with Crippen molar-refractivity contribution in [3.05, 3.63) is 33.8 Å². The van der Waals surface area contributed by atoms with Gasteiger partial charge in [-0.05, 0) is 45.4 Å². The summed E-state index contributed by atoms with van der Waals surface area (Å²) in [5.74, 6) is -0.196. The van der Waals surface area contributed by atoms with E-state index < -0.39 is 21.7 Å². The highest BCUT2D eigenvalue weighted by Gasteiger charge is 2.43. The zero-order chi connectivity index (χ0) is 26.1. The van der Waals surface area contributed by atoms with Crippen molar-refractivity contribution in [2.24, 2.45) is 0 Å². The fourth-order valence-corrected chi connectivity index (χ4v) is 5.69. The monoisotopic (exact) mass is 548 g/mol. The first-order valence-corrected chi connectivity index (χ1v) is 14.2. The van der Waals surface area contributed by atoms with E-state index in [1.165, 1.54) is 10.6 Å². The summed E-state index contributed by atoms with van der Waals surface area (Å²) in [6.07, 6.45) is 0.735. The summed E-state index contributed by atoms with van der Waals surface area (Å²) in [6, 6.07) is 4.87. The third kappa shape index (κ3) is 6.72. The Kier molecular flexibility index (Phi) is 8.51. The van der Waals surface area contributed by atoms with Gasteiger partial charge >= 0.3 is 12.1 Å². The fourth-order valence-electron chi connectivity index (χ4n) is 4.56. The summed E-state index contributed by atoms with van der Waals surface area (Å²) in [5.41, 5.74) is 0.223. The summed E-state index contributed by atoms with van der Waals surface area (Å²) in [5, 5.41) is 0.839. The standard InChI is InChI=1S/C23H34Cl2N4O5S/c1-6-29(22(31)34-23(2,3)4)20-15-27(14-17(20)16-7-8-18(24)19(25)13-16)21(30)26-9-11-28(12-10-26)35(5,32)33/h7-8,13,17,20H,6,9-12,14-15H2,1-5H3/t17-,20+/m0/s1. The zero-order valence-electron chi connectivity index (χ0n) is 20.8. The van der Waals surface area contributed by atoms with Gasteiger partial charge in [0.25, 0.3) is 0 Å². The van der Waals surface area contributed by atoms with E-state index in [0.29, 0.717) is 42.8 Å². The number of urea groups is 1. The lowest BCUT2D eigenvalue weighted by Gasteiger charge is -2.36. The van der Waals surface area contributed by atoms with Crippen molar-refractivity contribution in [2.75, 3.05) is 52.1 Å². The molecule has 196 valence electrons. The Labute approximate surface area is 217 Å². The molecule has 2 fully saturated rings. The SMILES string of the molecule is CCN(C(=O)OC(C)(C)C)[C@@H]1CN(C(=O)N2CCN(S(C)(=O)=O)CC2)C[C@H]1c1ccc(Cl)c(Cl)c1. The lowest BCUT2D eigenvalue weighted by molar-refractivity contribution is 0.0168. The number of likely N-dealkylation sites (tertiary alicyclic amines) is 1. The van der Waals surface area contributed by atoms with Crippen LogP contribution in [0.3, 0.4) is 0 Å². The Morgan fingerprint density at radius 2 is 1.69 bits per heavy atom. The molecule has 2 saturated heterocycles. The van der Waals surface area contributed by atoms with Crippen molar-refractivity contribution >= 4 is 45.3 Å². The molecular weight excluding hydrogens is 515 g/mol. The molecule has 35 heavy (non-hydrogen) atoms. The average Bonchev–Trinajstić information content (AvgIpc) is 3.19. The van der Waals surface area contributed by atoms with Crippen LogP contribution in [0.4, 0.5) is 9.59 Å². The second-order valence-electron chi connectivity index (χ2n) is 9.95. The number of hydrogen-bond donors (Lipinski definition) is 0. The fraction of sp³-hybridized carbons (Fsp3) is 0.652. The van der Waals surface area contributed by atoms with Crippen LogP contribution in [0.1, 0.15) is 39.2 Å². The van der Waals surface area contributed by atoms with Gasteiger partial charge in [-0.3, -0.25) is 0 Å². The molecule has 2 heterocycles. The molecule has 12 heteroatoms. The van der Waals surface area contributed by atoms with E-state index in [2.05, 4.69) is 0 Å². The van der Waals surface area contributed by atoms with Crippen LogP contribution < -0.4 is 0 Å². The van der Waals surface area contributed by atoms with Crippen LogP contribution in [-0.2, 0) is 14.8 Å². The molecule has 0 N–H and O–H groups in total. The first kappa shape index (κ1) is 27.8. The number of piperazine rings is 1. The van der Waals surface area contributed by atoms with Crippen molar-refractivity contribution in [3.8, 4) is 0 Å². The normalized spacial score (nSPS) is 21.8. The number of carbonyl (C=O) groups excluding carboxylic acids is 2. The van der Waals surface area contributed by atoms with E-state index in [4.69, 9.17) is 27.9 Å². The first-order chi connectivity index (χ1) is 16.2. The van der Waals surface area contributed by atoms with Crippen molar-refractivity contribution in [1.82, 2.24) is 19.0 Å². The summed E-state index contributed by atoms with van der Waals surface area (Å²) in [4.78, 5) is 31.5. The topological polar surface area (TPSA) is 90.5 Å². The van der Waals surface area contributed by atoms with Crippen molar-refractivity contribution < 1.29 is 22.7 Å². The number of sulfonamides is 1. The Hall–Kier alpha value is -1.75. The van der Waals surface area contributed by atoms with Crippen LogP contribution in [0, 0.1) is 0 Å². The third-order valence-corrected chi connectivity index (χ3v) is 8.32. The second kappa shape index (κ2) is 10.7. The molecule has 1 aromatic carbocycles. The lowest BCUT2D eigenvalue weighted by atomic mass is 9.93. The van der Waals surface area contributed by atoms with Gasteiger partial charge in [0.05, 0.1) is 22.3 Å². The van der Waals surface area contributed by atoms with Gasteiger partial charge in [-0.1, -0.05) is 29.3 Å². The first-order valence-electron chi connectivity index (χ1n) is 11.6. The molecule has 0 bridgehead atoms. The zero-order valence-corrected chi connectivity index (χ0v) is 23.2. The molecule has 0 aromatic heterocycles. The number of nitrogens with zero attached hydrogens (tertiary/aromatic N) is 4. The molecular formula is C23H34Cl2N4O5S. The van der Waals surface area contributed by atoms with Crippen molar-refractivity contribution in [1.29, 1.82) is 0 Å².